The van der Waals surface area contributed by atoms with E-state index < -0.39 is 0 Å². The monoisotopic (exact) mass is 127 g/mol. The maximum atomic E-state index is 6.72. The maximum Gasteiger partial charge on any atom is 0.0203 e. The average Bonchev–Trinajstić information content (AvgIpc) is 1.93. The Morgan fingerprint density at radius 2 is 1.89 bits per heavy atom. The Balaban J connectivity index is 0. The molecule has 0 heterocycles. The second-order valence-corrected chi connectivity index (χ2v) is 1.50. The first kappa shape index (κ1) is 11.2. The molecule has 1 heteroatoms. The summed E-state index contributed by atoms with van der Waals surface area (Å²) in [6.07, 6.45) is 4.41. The second-order valence-electron chi connectivity index (χ2n) is 1.50. The molecule has 0 aromatic heterocycles. The number of hydrogen-bond acceptors (Lipinski definition) is 1. The Morgan fingerprint density at radius 3 is 2.00 bits per heavy atom. The fourth-order valence-corrected chi connectivity index (χ4v) is 0.381. The van der Waals surface area contributed by atoms with E-state index in [1.807, 2.05) is 26.8 Å². The van der Waals surface area contributed by atoms with Gasteiger partial charge in [-0.3, -0.25) is 0 Å². The largest absolute Gasteiger partial charge is 0.308 e. The number of hydrogen-bond donors (Lipinski definition) is 1. The molecule has 54 valence electrons. The first-order valence-corrected chi connectivity index (χ1v) is 3.48. The third-order valence-electron chi connectivity index (χ3n) is 0.754. The smallest absolute Gasteiger partial charge is 0.0203 e. The predicted octanol–water partition coefficient (Wildman–Crippen LogP) is 3.02. The lowest BCUT2D eigenvalue weighted by molar-refractivity contribution is 1.20. The Kier molecular flexibility index (Phi) is 13.0. The van der Waals surface area contributed by atoms with Crippen LogP contribution in [0.25, 0.3) is 0 Å². The van der Waals surface area contributed by atoms with E-state index in [1.54, 1.807) is 0 Å². The molecule has 0 saturated carbocycles. The number of nitrogens with one attached hydrogen (secondary N) is 1. The van der Waals surface area contributed by atoms with Crippen LogP contribution in [0.5, 0.6) is 0 Å². The molecule has 0 rings (SSSR count). The zero-order valence-electron chi connectivity index (χ0n) is 6.86. The van der Waals surface area contributed by atoms with E-state index in [-0.39, 0.29) is 0 Å². The van der Waals surface area contributed by atoms with Crippen LogP contribution in [-0.4, -0.2) is 6.21 Å². The summed E-state index contributed by atoms with van der Waals surface area (Å²) in [5.74, 6) is 0. The highest BCUT2D eigenvalue weighted by Gasteiger charge is 1.73. The third-order valence-corrected chi connectivity index (χ3v) is 0.754. The lowest BCUT2D eigenvalue weighted by atomic mass is 10.3. The van der Waals surface area contributed by atoms with Crippen molar-refractivity contribution in [3.63, 3.8) is 0 Å². The minimum atomic E-state index is 1.03. The van der Waals surface area contributed by atoms with Crippen LogP contribution in [0, 0.1) is 5.41 Å². The summed E-state index contributed by atoms with van der Waals surface area (Å²) in [6, 6.07) is 0. The normalized spacial score (nSPS) is 9.56. The van der Waals surface area contributed by atoms with Crippen LogP contribution in [0.3, 0.4) is 0 Å². The highest BCUT2D eigenvalue weighted by molar-refractivity contribution is 5.74. The van der Waals surface area contributed by atoms with Crippen molar-refractivity contribution < 1.29 is 0 Å². The molecule has 0 atom stereocenters. The quantitative estimate of drug-likeness (QED) is 0.551. The molecule has 0 aliphatic rings. The first-order chi connectivity index (χ1) is 4.31. The summed E-state index contributed by atoms with van der Waals surface area (Å²) in [4.78, 5) is 0. The third kappa shape index (κ3) is 11.2. The molecule has 9 heavy (non-hydrogen) atoms. The van der Waals surface area contributed by atoms with E-state index in [0.29, 0.717) is 0 Å². The molecule has 0 aromatic carbocycles. The van der Waals surface area contributed by atoms with Gasteiger partial charge in [-0.2, -0.15) is 0 Å². The molecule has 0 spiro atoms. The van der Waals surface area contributed by atoms with Crippen LogP contribution >= 0.6 is 0 Å². The summed E-state index contributed by atoms with van der Waals surface area (Å²) < 4.78 is 0. The van der Waals surface area contributed by atoms with Crippen LogP contribution in [0.15, 0.2) is 11.6 Å². The van der Waals surface area contributed by atoms with Crippen molar-refractivity contribution in [1.29, 1.82) is 5.41 Å². The summed E-state index contributed by atoms with van der Waals surface area (Å²) in [7, 11) is 0. The van der Waals surface area contributed by atoms with E-state index in [4.69, 9.17) is 5.41 Å². The Labute approximate surface area is 58.3 Å². The van der Waals surface area contributed by atoms with Gasteiger partial charge in [0.2, 0.25) is 0 Å². The molecule has 0 aliphatic carbocycles. The lowest BCUT2D eigenvalue weighted by Gasteiger charge is -1.81. The van der Waals surface area contributed by atoms with Crippen LogP contribution in [0.2, 0.25) is 0 Å². The van der Waals surface area contributed by atoms with E-state index >= 15 is 0 Å². The zero-order valence-corrected chi connectivity index (χ0v) is 6.86. The van der Waals surface area contributed by atoms with Crippen molar-refractivity contribution in [2.75, 3.05) is 0 Å². The van der Waals surface area contributed by atoms with Crippen molar-refractivity contribution >= 4 is 6.21 Å². The van der Waals surface area contributed by atoms with Crippen molar-refractivity contribution in [2.45, 2.75) is 34.1 Å². The van der Waals surface area contributed by atoms with Crippen LogP contribution in [0.4, 0.5) is 0 Å². The van der Waals surface area contributed by atoms with E-state index in [0.717, 1.165) is 12.0 Å². The first-order valence-electron chi connectivity index (χ1n) is 3.48. The average molecular weight is 127 g/mol. The molecule has 0 unspecified atom stereocenters. The molecule has 0 fully saturated rings. The second kappa shape index (κ2) is 10.4. The van der Waals surface area contributed by atoms with E-state index in [9.17, 15) is 0 Å². The van der Waals surface area contributed by atoms with E-state index in [1.165, 1.54) is 6.21 Å². The molecular formula is C8H17N. The van der Waals surface area contributed by atoms with Gasteiger partial charge < -0.3 is 5.41 Å². The standard InChI is InChI=1S/C6H11N.C2H6/c1-3-4-6(2)5-7;1-2/h4-5,7H,3H2,1-2H3;1-2H3/b6-4-,7-5?;. The maximum absolute atomic E-state index is 6.72. The molecule has 1 N–H and O–H groups in total. The van der Waals surface area contributed by atoms with Crippen molar-refractivity contribution in [2.24, 2.45) is 0 Å². The minimum Gasteiger partial charge on any atom is -0.308 e. The van der Waals surface area contributed by atoms with Crippen LogP contribution in [-0.2, 0) is 0 Å². The van der Waals surface area contributed by atoms with Gasteiger partial charge >= 0.3 is 0 Å². The zero-order chi connectivity index (χ0) is 7.70. The van der Waals surface area contributed by atoms with Gasteiger partial charge in [0, 0.05) is 6.21 Å². The lowest BCUT2D eigenvalue weighted by Crippen LogP contribution is -1.71. The SMILES string of the molecule is CC.CC/C=C(/C)C=N. The summed E-state index contributed by atoms with van der Waals surface area (Å²) in [6.45, 7) is 7.99. The summed E-state index contributed by atoms with van der Waals surface area (Å²) in [5.41, 5.74) is 1.04. The van der Waals surface area contributed by atoms with E-state index in [2.05, 4.69) is 6.92 Å². The summed E-state index contributed by atoms with van der Waals surface area (Å²) in [5, 5.41) is 6.72. The fourth-order valence-electron chi connectivity index (χ4n) is 0.381. The number of rotatable bonds is 2. The van der Waals surface area contributed by atoms with Gasteiger partial charge in [0.1, 0.15) is 0 Å². The molecule has 0 amide bonds. The Hall–Kier alpha value is -0.590. The molecule has 0 radical (unpaired) electrons. The van der Waals surface area contributed by atoms with Gasteiger partial charge in [-0.1, -0.05) is 26.8 Å². The van der Waals surface area contributed by atoms with Crippen molar-refractivity contribution in [1.82, 2.24) is 0 Å². The predicted molar refractivity (Wildman–Crippen MR) is 44.2 cm³/mol. The van der Waals surface area contributed by atoms with Gasteiger partial charge in [-0.25, -0.2) is 0 Å². The van der Waals surface area contributed by atoms with Crippen molar-refractivity contribution in [3.05, 3.63) is 11.6 Å². The number of allylic oxidation sites excluding steroid dienone is 2. The molecule has 0 saturated heterocycles. The molecule has 0 aliphatic heterocycles. The molecular weight excluding hydrogens is 110 g/mol. The molecule has 0 bridgehead atoms. The molecule has 1 nitrogen and oxygen atoms in total. The highest BCUT2D eigenvalue weighted by atomic mass is 14.3. The Morgan fingerprint density at radius 1 is 1.44 bits per heavy atom. The topological polar surface area (TPSA) is 23.9 Å². The van der Waals surface area contributed by atoms with Gasteiger partial charge in [0.25, 0.3) is 0 Å². The van der Waals surface area contributed by atoms with Crippen LogP contribution < -0.4 is 0 Å². The van der Waals surface area contributed by atoms with Gasteiger partial charge in [-0.15, -0.1) is 0 Å². The summed E-state index contributed by atoms with van der Waals surface area (Å²) >= 11 is 0. The van der Waals surface area contributed by atoms with Crippen molar-refractivity contribution in [3.8, 4) is 0 Å². The highest BCUT2D eigenvalue weighted by Crippen LogP contribution is 1.87. The van der Waals surface area contributed by atoms with Gasteiger partial charge in [0.05, 0.1) is 0 Å². The van der Waals surface area contributed by atoms with Crippen LogP contribution in [0.1, 0.15) is 34.1 Å². The minimum absolute atomic E-state index is 1.03. The Bertz CT molecular complexity index is 82.6. The van der Waals surface area contributed by atoms with Gasteiger partial charge in [-0.05, 0) is 18.9 Å². The molecule has 0 aromatic rings. The van der Waals surface area contributed by atoms with Gasteiger partial charge in [0.15, 0.2) is 0 Å². The fraction of sp³-hybridized carbons (Fsp3) is 0.625.